The lowest BCUT2D eigenvalue weighted by molar-refractivity contribution is -0.0282. The summed E-state index contributed by atoms with van der Waals surface area (Å²) in [6.45, 7) is 14.7. The van der Waals surface area contributed by atoms with Gasteiger partial charge >= 0.3 is 0 Å². The molecule has 2 saturated carbocycles. The third kappa shape index (κ3) is 2.67. The number of fused-ring (bicyclic) bond motifs is 1. The quantitative estimate of drug-likeness (QED) is 0.518. The van der Waals surface area contributed by atoms with Crippen molar-refractivity contribution in [3.63, 3.8) is 0 Å². The predicted octanol–water partition coefficient (Wildman–Crippen LogP) is 6.52. The average molecular weight is 299 g/mol. The van der Waals surface area contributed by atoms with E-state index in [9.17, 15) is 0 Å². The highest BCUT2D eigenvalue weighted by atomic mass is 35.5. The molecule has 0 heterocycles. The van der Waals surface area contributed by atoms with E-state index in [-0.39, 0.29) is 0 Å². The van der Waals surface area contributed by atoms with E-state index in [2.05, 4.69) is 41.5 Å². The molecule has 6 atom stereocenters. The lowest BCUT2D eigenvalue weighted by atomic mass is 9.53. The molecule has 20 heavy (non-hydrogen) atoms. The predicted molar refractivity (Wildman–Crippen MR) is 90.2 cm³/mol. The molecule has 0 aromatic carbocycles. The highest BCUT2D eigenvalue weighted by molar-refractivity contribution is 6.20. The van der Waals surface area contributed by atoms with Crippen LogP contribution in [-0.4, -0.2) is 5.38 Å². The average Bonchev–Trinajstić information content (AvgIpc) is 2.67. The Labute approximate surface area is 132 Å². The standard InChI is InChI=1S/C19H35Cl/c1-7-11-18(4,5)15-10-12-19(6)16(13(15)2)8-9-17(19)14(3)20/h13-17H,7-12H2,1-6H3/t13-,14+,15?,16?,17-,19+/m1/s1. The zero-order chi connectivity index (χ0) is 15.1. The first kappa shape index (κ1) is 16.7. The summed E-state index contributed by atoms with van der Waals surface area (Å²) in [5.41, 5.74) is 1.03. The molecule has 0 radical (unpaired) electrons. The molecule has 0 aromatic rings. The van der Waals surface area contributed by atoms with Crippen LogP contribution in [0.25, 0.3) is 0 Å². The molecule has 1 heteroatoms. The minimum Gasteiger partial charge on any atom is -0.123 e. The summed E-state index contributed by atoms with van der Waals surface area (Å²) in [5.74, 6) is 3.43. The van der Waals surface area contributed by atoms with E-state index in [1.807, 2.05) is 0 Å². The first-order valence-corrected chi connectivity index (χ1v) is 9.31. The number of alkyl halides is 1. The largest absolute Gasteiger partial charge is 0.123 e. The molecule has 0 spiro atoms. The van der Waals surface area contributed by atoms with Crippen LogP contribution in [0.2, 0.25) is 0 Å². The van der Waals surface area contributed by atoms with Gasteiger partial charge in [0.2, 0.25) is 0 Å². The van der Waals surface area contributed by atoms with Gasteiger partial charge in [-0.2, -0.15) is 0 Å². The third-order valence-electron chi connectivity index (χ3n) is 7.20. The van der Waals surface area contributed by atoms with Crippen LogP contribution in [0.5, 0.6) is 0 Å². The Kier molecular flexibility index (Phi) is 4.85. The minimum atomic E-state index is 0.345. The fraction of sp³-hybridized carbons (Fsp3) is 1.00. The van der Waals surface area contributed by atoms with Crippen LogP contribution in [0.3, 0.4) is 0 Å². The van der Waals surface area contributed by atoms with Crippen molar-refractivity contribution in [1.82, 2.24) is 0 Å². The second kappa shape index (κ2) is 5.82. The van der Waals surface area contributed by atoms with Crippen LogP contribution >= 0.6 is 11.6 Å². The summed E-state index contributed by atoms with van der Waals surface area (Å²) in [5, 5.41) is 0.345. The number of hydrogen-bond acceptors (Lipinski definition) is 0. The molecule has 2 aliphatic carbocycles. The maximum Gasteiger partial charge on any atom is 0.0341 e. The molecule has 0 amide bonds. The molecular weight excluding hydrogens is 264 g/mol. The lowest BCUT2D eigenvalue weighted by Gasteiger charge is -2.52. The van der Waals surface area contributed by atoms with Gasteiger partial charge in [-0.15, -0.1) is 11.6 Å². The molecule has 0 aliphatic heterocycles. The Hall–Kier alpha value is 0.290. The highest BCUT2D eigenvalue weighted by Crippen LogP contribution is 2.62. The molecular formula is C19H35Cl. The van der Waals surface area contributed by atoms with Crippen LogP contribution < -0.4 is 0 Å². The monoisotopic (exact) mass is 298 g/mol. The van der Waals surface area contributed by atoms with Gasteiger partial charge in [0, 0.05) is 5.38 Å². The molecule has 0 saturated heterocycles. The Morgan fingerprint density at radius 1 is 1.25 bits per heavy atom. The first-order chi connectivity index (χ1) is 9.24. The lowest BCUT2D eigenvalue weighted by Crippen LogP contribution is -2.45. The molecule has 0 aromatic heterocycles. The van der Waals surface area contributed by atoms with Gasteiger partial charge < -0.3 is 0 Å². The van der Waals surface area contributed by atoms with E-state index in [1.54, 1.807) is 0 Å². The van der Waals surface area contributed by atoms with Crippen molar-refractivity contribution in [2.24, 2.45) is 34.5 Å². The van der Waals surface area contributed by atoms with Crippen LogP contribution in [0.1, 0.15) is 80.1 Å². The van der Waals surface area contributed by atoms with Crippen molar-refractivity contribution in [3.05, 3.63) is 0 Å². The third-order valence-corrected chi connectivity index (χ3v) is 7.50. The fourth-order valence-corrected chi connectivity index (χ4v) is 6.64. The van der Waals surface area contributed by atoms with Gasteiger partial charge in [-0.05, 0) is 73.5 Å². The molecule has 2 fully saturated rings. The Balaban J connectivity index is 2.18. The zero-order valence-corrected chi connectivity index (χ0v) is 15.3. The second-order valence-corrected chi connectivity index (χ2v) is 9.40. The van der Waals surface area contributed by atoms with Gasteiger partial charge in [-0.25, -0.2) is 0 Å². The summed E-state index contributed by atoms with van der Waals surface area (Å²) < 4.78 is 0. The summed E-state index contributed by atoms with van der Waals surface area (Å²) in [7, 11) is 0. The van der Waals surface area contributed by atoms with Crippen LogP contribution in [0.15, 0.2) is 0 Å². The number of rotatable bonds is 4. The summed E-state index contributed by atoms with van der Waals surface area (Å²) in [6, 6.07) is 0. The molecule has 118 valence electrons. The topological polar surface area (TPSA) is 0 Å². The smallest absolute Gasteiger partial charge is 0.0341 e. The minimum absolute atomic E-state index is 0.345. The van der Waals surface area contributed by atoms with Crippen molar-refractivity contribution >= 4 is 11.6 Å². The highest BCUT2D eigenvalue weighted by Gasteiger charge is 2.55. The maximum absolute atomic E-state index is 6.52. The molecule has 0 nitrogen and oxygen atoms in total. The van der Waals surface area contributed by atoms with Gasteiger partial charge in [-0.1, -0.05) is 41.0 Å². The van der Waals surface area contributed by atoms with E-state index >= 15 is 0 Å². The van der Waals surface area contributed by atoms with E-state index in [1.165, 1.54) is 38.5 Å². The van der Waals surface area contributed by atoms with Crippen molar-refractivity contribution in [2.75, 3.05) is 0 Å². The Morgan fingerprint density at radius 2 is 1.90 bits per heavy atom. The molecule has 2 unspecified atom stereocenters. The van der Waals surface area contributed by atoms with Crippen molar-refractivity contribution < 1.29 is 0 Å². The SMILES string of the molecule is CCCC(C)(C)C1CC[C@@]2(C)C(CC[C@@H]2[C@H](C)Cl)[C@@H]1C. The van der Waals surface area contributed by atoms with Crippen molar-refractivity contribution in [1.29, 1.82) is 0 Å². The second-order valence-electron chi connectivity index (χ2n) is 8.72. The van der Waals surface area contributed by atoms with Gasteiger partial charge in [-0.3, -0.25) is 0 Å². The number of hydrogen-bond donors (Lipinski definition) is 0. The van der Waals surface area contributed by atoms with Gasteiger partial charge in [0.1, 0.15) is 0 Å². The van der Waals surface area contributed by atoms with Crippen LogP contribution in [0, 0.1) is 34.5 Å². The zero-order valence-electron chi connectivity index (χ0n) is 14.5. The molecule has 2 aliphatic rings. The van der Waals surface area contributed by atoms with Crippen molar-refractivity contribution in [2.45, 2.75) is 85.4 Å². The van der Waals surface area contributed by atoms with E-state index in [0.717, 1.165) is 23.7 Å². The normalized spacial score (nSPS) is 43.4. The Morgan fingerprint density at radius 3 is 2.45 bits per heavy atom. The molecule has 0 N–H and O–H groups in total. The first-order valence-electron chi connectivity index (χ1n) is 8.88. The van der Waals surface area contributed by atoms with Crippen molar-refractivity contribution in [3.8, 4) is 0 Å². The summed E-state index contributed by atoms with van der Waals surface area (Å²) in [4.78, 5) is 0. The fourth-order valence-electron chi connectivity index (χ4n) is 6.22. The van der Waals surface area contributed by atoms with E-state index < -0.39 is 0 Å². The maximum atomic E-state index is 6.52. The van der Waals surface area contributed by atoms with E-state index in [4.69, 9.17) is 11.6 Å². The number of halogens is 1. The van der Waals surface area contributed by atoms with Crippen LogP contribution in [-0.2, 0) is 0 Å². The Bertz CT molecular complexity index is 333. The van der Waals surface area contributed by atoms with Crippen LogP contribution in [0.4, 0.5) is 0 Å². The van der Waals surface area contributed by atoms with Gasteiger partial charge in [0.05, 0.1) is 0 Å². The van der Waals surface area contributed by atoms with Gasteiger partial charge in [0.15, 0.2) is 0 Å². The molecule has 0 bridgehead atoms. The van der Waals surface area contributed by atoms with Gasteiger partial charge in [0.25, 0.3) is 0 Å². The summed E-state index contributed by atoms with van der Waals surface area (Å²) in [6.07, 6.45) is 8.29. The van der Waals surface area contributed by atoms with E-state index in [0.29, 0.717) is 16.2 Å². The molecule has 2 rings (SSSR count). The summed E-state index contributed by atoms with van der Waals surface area (Å²) >= 11 is 6.52.